The van der Waals surface area contributed by atoms with E-state index in [4.69, 9.17) is 11.6 Å². The first-order chi connectivity index (χ1) is 14.7. The van der Waals surface area contributed by atoms with Gasteiger partial charge in [0.25, 0.3) is 5.91 Å². The maximum atomic E-state index is 13.2. The second-order valence-corrected chi connectivity index (χ2v) is 7.94. The van der Waals surface area contributed by atoms with Crippen LogP contribution in [0.1, 0.15) is 46.8 Å². The molecule has 166 valence electrons. The molecule has 0 aliphatic carbocycles. The molecule has 1 aliphatic heterocycles. The number of benzene rings is 2. The Kier molecular flexibility index (Phi) is 7.28. The number of hydrogen-bond acceptors (Lipinski definition) is 3. The first-order valence-electron chi connectivity index (χ1n) is 10.0. The Hall–Kier alpha value is -2.51. The highest BCUT2D eigenvalue weighted by atomic mass is 35.5. The number of phenolic OH excluding ortho intramolecular Hbond substituents is 1. The summed E-state index contributed by atoms with van der Waals surface area (Å²) in [5, 5.41) is 12.2. The van der Waals surface area contributed by atoms with Crippen LogP contribution in [-0.2, 0) is 6.18 Å². The largest absolute Gasteiger partial charge is 0.508 e. The average molecular weight is 453 g/mol. The summed E-state index contributed by atoms with van der Waals surface area (Å²) in [6, 6.07) is 9.15. The summed E-state index contributed by atoms with van der Waals surface area (Å²) in [5.41, 5.74) is -0.633. The zero-order chi connectivity index (χ0) is 22.6. The third-order valence-corrected chi connectivity index (χ3v) is 5.88. The van der Waals surface area contributed by atoms with Gasteiger partial charge >= 0.3 is 6.18 Å². The lowest BCUT2D eigenvalue weighted by molar-refractivity contribution is -0.137. The summed E-state index contributed by atoms with van der Waals surface area (Å²) < 4.78 is 39.7. The Morgan fingerprint density at radius 3 is 2.71 bits per heavy atom. The standard InChI is InChI=1S/C23H24ClF3N2O2/c1-2-12-29-13-4-3-11-19(29)21(15-7-5-8-16(30)14-15)28-22(31)17-9-6-10-18(20(17)24)23(25,26)27/h2,5-10,14,19,21,30H,1,3-4,11-13H2,(H,28,31)/t19-,21-/m0/s1. The molecule has 2 aromatic rings. The van der Waals surface area contributed by atoms with Crippen LogP contribution < -0.4 is 5.32 Å². The third-order valence-electron chi connectivity index (χ3n) is 5.48. The molecule has 2 aromatic carbocycles. The predicted octanol–water partition coefficient (Wildman–Crippen LogP) is 5.58. The highest BCUT2D eigenvalue weighted by Crippen LogP contribution is 2.37. The molecule has 3 rings (SSSR count). The van der Waals surface area contributed by atoms with Crippen molar-refractivity contribution in [2.45, 2.75) is 37.5 Å². The van der Waals surface area contributed by atoms with Gasteiger partial charge in [0.15, 0.2) is 0 Å². The monoisotopic (exact) mass is 452 g/mol. The predicted molar refractivity (Wildman–Crippen MR) is 114 cm³/mol. The van der Waals surface area contributed by atoms with Crippen LogP contribution in [0.25, 0.3) is 0 Å². The minimum Gasteiger partial charge on any atom is -0.508 e. The van der Waals surface area contributed by atoms with Crippen molar-refractivity contribution in [3.63, 3.8) is 0 Å². The molecule has 1 aliphatic rings. The molecule has 31 heavy (non-hydrogen) atoms. The molecule has 4 nitrogen and oxygen atoms in total. The van der Waals surface area contributed by atoms with E-state index in [1.165, 1.54) is 12.1 Å². The minimum atomic E-state index is -4.66. The Morgan fingerprint density at radius 2 is 2.03 bits per heavy atom. The molecule has 1 fully saturated rings. The number of carbonyl (C=O) groups excluding carboxylic acids is 1. The van der Waals surface area contributed by atoms with Gasteiger partial charge in [-0.1, -0.05) is 42.3 Å². The van der Waals surface area contributed by atoms with Gasteiger partial charge in [0.1, 0.15) is 5.75 Å². The summed E-state index contributed by atoms with van der Waals surface area (Å²) in [4.78, 5) is 15.2. The highest BCUT2D eigenvalue weighted by Gasteiger charge is 2.36. The second kappa shape index (κ2) is 9.75. The van der Waals surface area contributed by atoms with E-state index in [0.717, 1.165) is 37.9 Å². The number of amides is 1. The van der Waals surface area contributed by atoms with Gasteiger partial charge in [-0.2, -0.15) is 13.2 Å². The number of hydrogen-bond donors (Lipinski definition) is 2. The molecular weight excluding hydrogens is 429 g/mol. The Labute approximate surface area is 184 Å². The van der Waals surface area contributed by atoms with Crippen molar-refractivity contribution in [1.82, 2.24) is 10.2 Å². The Bertz CT molecular complexity index is 949. The second-order valence-electron chi connectivity index (χ2n) is 7.56. The molecule has 0 bridgehead atoms. The zero-order valence-electron chi connectivity index (χ0n) is 16.8. The molecule has 2 N–H and O–H groups in total. The van der Waals surface area contributed by atoms with Crippen molar-refractivity contribution in [2.24, 2.45) is 0 Å². The number of rotatable bonds is 6. The summed E-state index contributed by atoms with van der Waals surface area (Å²) in [7, 11) is 0. The van der Waals surface area contributed by atoms with E-state index in [2.05, 4.69) is 16.8 Å². The van der Waals surface area contributed by atoms with E-state index < -0.39 is 28.7 Å². The van der Waals surface area contributed by atoms with Crippen LogP contribution in [0.5, 0.6) is 5.75 Å². The number of nitrogens with one attached hydrogen (secondary N) is 1. The number of halogens is 4. The van der Waals surface area contributed by atoms with Gasteiger partial charge in [-0.3, -0.25) is 9.69 Å². The first kappa shape index (κ1) is 23.2. The van der Waals surface area contributed by atoms with Crippen molar-refractivity contribution in [2.75, 3.05) is 13.1 Å². The number of alkyl halides is 3. The minimum absolute atomic E-state index is 0.0416. The van der Waals surface area contributed by atoms with Gasteiger partial charge in [0, 0.05) is 12.6 Å². The summed E-state index contributed by atoms with van der Waals surface area (Å²) in [5.74, 6) is -0.659. The van der Waals surface area contributed by atoms with Gasteiger partial charge in [-0.25, -0.2) is 0 Å². The highest BCUT2D eigenvalue weighted by molar-refractivity contribution is 6.34. The van der Waals surface area contributed by atoms with E-state index >= 15 is 0 Å². The molecule has 0 spiro atoms. The Balaban J connectivity index is 1.97. The van der Waals surface area contributed by atoms with Gasteiger partial charge in [0.2, 0.25) is 0 Å². The van der Waals surface area contributed by atoms with Crippen LogP contribution in [0.3, 0.4) is 0 Å². The van der Waals surface area contributed by atoms with Crippen LogP contribution >= 0.6 is 11.6 Å². The molecule has 1 saturated heterocycles. The van der Waals surface area contributed by atoms with Gasteiger partial charge < -0.3 is 10.4 Å². The number of aromatic hydroxyl groups is 1. The molecule has 1 amide bonds. The molecule has 0 saturated carbocycles. The SMILES string of the molecule is C=CCN1CCCC[C@H]1[C@@H](NC(=O)c1cccc(C(F)(F)F)c1Cl)c1cccc(O)c1. The van der Waals surface area contributed by atoms with E-state index in [0.29, 0.717) is 12.1 Å². The van der Waals surface area contributed by atoms with E-state index in [-0.39, 0.29) is 17.4 Å². The normalized spacial score (nSPS) is 18.4. The maximum absolute atomic E-state index is 13.2. The Morgan fingerprint density at radius 1 is 1.29 bits per heavy atom. The molecule has 0 unspecified atom stereocenters. The third kappa shape index (κ3) is 5.40. The number of carbonyl (C=O) groups is 1. The number of phenols is 1. The van der Waals surface area contributed by atoms with Crippen molar-refractivity contribution < 1.29 is 23.1 Å². The maximum Gasteiger partial charge on any atom is 0.417 e. The summed E-state index contributed by atoms with van der Waals surface area (Å²) >= 11 is 5.96. The zero-order valence-corrected chi connectivity index (χ0v) is 17.6. The van der Waals surface area contributed by atoms with E-state index in [1.54, 1.807) is 24.3 Å². The fourth-order valence-corrected chi connectivity index (χ4v) is 4.37. The van der Waals surface area contributed by atoms with Crippen molar-refractivity contribution >= 4 is 17.5 Å². The molecule has 2 atom stereocenters. The van der Waals surface area contributed by atoms with Gasteiger partial charge in [-0.15, -0.1) is 6.58 Å². The average Bonchev–Trinajstić information content (AvgIpc) is 2.72. The first-order valence-corrected chi connectivity index (χ1v) is 10.4. The van der Waals surface area contributed by atoms with Crippen molar-refractivity contribution in [1.29, 1.82) is 0 Å². The lowest BCUT2D eigenvalue weighted by Gasteiger charge is -2.40. The van der Waals surface area contributed by atoms with Crippen LogP contribution in [0, 0.1) is 0 Å². The topological polar surface area (TPSA) is 52.6 Å². The van der Waals surface area contributed by atoms with Crippen molar-refractivity contribution in [3.8, 4) is 5.75 Å². The fourth-order valence-electron chi connectivity index (χ4n) is 4.05. The van der Waals surface area contributed by atoms with Crippen LogP contribution in [0.4, 0.5) is 13.2 Å². The molecule has 1 heterocycles. The van der Waals surface area contributed by atoms with Crippen LogP contribution in [0.15, 0.2) is 55.1 Å². The summed E-state index contributed by atoms with van der Waals surface area (Å²) in [6.45, 7) is 5.22. The molecule has 8 heteroatoms. The summed E-state index contributed by atoms with van der Waals surface area (Å²) in [6.07, 6.45) is -0.144. The smallest absolute Gasteiger partial charge is 0.417 e. The number of nitrogens with zero attached hydrogens (tertiary/aromatic N) is 1. The fraction of sp³-hybridized carbons (Fsp3) is 0.348. The van der Waals surface area contributed by atoms with E-state index in [1.807, 2.05) is 0 Å². The van der Waals surface area contributed by atoms with Crippen molar-refractivity contribution in [3.05, 3.63) is 76.8 Å². The van der Waals surface area contributed by atoms with E-state index in [9.17, 15) is 23.1 Å². The molecule has 0 radical (unpaired) electrons. The lowest BCUT2D eigenvalue weighted by atomic mass is 9.90. The van der Waals surface area contributed by atoms with Crippen LogP contribution in [-0.4, -0.2) is 35.0 Å². The van der Waals surface area contributed by atoms with Crippen LogP contribution in [0.2, 0.25) is 5.02 Å². The lowest BCUT2D eigenvalue weighted by Crippen LogP contribution is -2.48. The molecular formula is C23H24ClF3N2O2. The number of piperidine rings is 1. The van der Waals surface area contributed by atoms with Gasteiger partial charge in [0.05, 0.1) is 22.2 Å². The number of likely N-dealkylation sites (tertiary alicyclic amines) is 1. The van der Waals surface area contributed by atoms with Gasteiger partial charge in [-0.05, 0) is 49.2 Å². The quantitative estimate of drug-likeness (QED) is 0.563. The molecule has 0 aromatic heterocycles.